The van der Waals surface area contributed by atoms with Crippen molar-refractivity contribution in [3.8, 4) is 0 Å². The maximum absolute atomic E-state index is 11.0. The van der Waals surface area contributed by atoms with Crippen LogP contribution in [0, 0.1) is 5.92 Å². The second kappa shape index (κ2) is 8.19. The van der Waals surface area contributed by atoms with Crippen LogP contribution in [0.4, 0.5) is 0 Å². The average molecular weight is 291 g/mol. The van der Waals surface area contributed by atoms with E-state index in [4.69, 9.17) is 0 Å². The molecule has 0 aromatic heterocycles. The summed E-state index contributed by atoms with van der Waals surface area (Å²) in [4.78, 5) is 4.74. The number of rotatable bonds is 8. The normalized spacial score (nSPS) is 19.2. The zero-order valence-electron chi connectivity index (χ0n) is 12.6. The zero-order valence-corrected chi connectivity index (χ0v) is 13.4. The molecule has 1 rings (SSSR count). The zero-order chi connectivity index (χ0) is 14.3. The highest BCUT2D eigenvalue weighted by Crippen LogP contribution is 2.16. The van der Waals surface area contributed by atoms with Crippen LogP contribution in [0.2, 0.25) is 0 Å². The van der Waals surface area contributed by atoms with Crippen LogP contribution in [-0.2, 0) is 9.84 Å². The van der Waals surface area contributed by atoms with E-state index < -0.39 is 9.84 Å². The van der Waals surface area contributed by atoms with Crippen LogP contribution in [0.3, 0.4) is 0 Å². The third kappa shape index (κ3) is 8.57. The van der Waals surface area contributed by atoms with Gasteiger partial charge in [-0.3, -0.25) is 0 Å². The predicted octanol–water partition coefficient (Wildman–Crippen LogP) is -0.106. The monoisotopic (exact) mass is 291 g/mol. The molecular formula is C13H29N3O2S. The van der Waals surface area contributed by atoms with E-state index in [0.29, 0.717) is 6.54 Å². The third-order valence-electron chi connectivity index (χ3n) is 3.73. The Morgan fingerprint density at radius 3 is 2.47 bits per heavy atom. The smallest absolute Gasteiger partial charge is 0.148 e. The van der Waals surface area contributed by atoms with E-state index in [1.165, 1.54) is 32.2 Å². The second-order valence-corrected chi connectivity index (χ2v) is 8.15. The summed E-state index contributed by atoms with van der Waals surface area (Å²) in [6, 6.07) is 0. The highest BCUT2D eigenvalue weighted by molar-refractivity contribution is 7.90. The summed E-state index contributed by atoms with van der Waals surface area (Å²) in [5.41, 5.74) is 0. The molecule has 1 N–H and O–H groups in total. The number of hydrogen-bond donors (Lipinski definition) is 1. The molecule has 0 aromatic rings. The fourth-order valence-corrected chi connectivity index (χ4v) is 2.94. The average Bonchev–Trinajstić information content (AvgIpc) is 2.30. The van der Waals surface area contributed by atoms with Gasteiger partial charge in [0.15, 0.2) is 0 Å². The maximum Gasteiger partial charge on any atom is 0.148 e. The van der Waals surface area contributed by atoms with Crippen molar-refractivity contribution in [2.24, 2.45) is 5.92 Å². The van der Waals surface area contributed by atoms with E-state index >= 15 is 0 Å². The van der Waals surface area contributed by atoms with E-state index in [2.05, 4.69) is 29.2 Å². The van der Waals surface area contributed by atoms with Gasteiger partial charge in [-0.1, -0.05) is 0 Å². The molecule has 0 saturated carbocycles. The molecule has 0 bridgehead atoms. The highest BCUT2D eigenvalue weighted by atomic mass is 32.2. The summed E-state index contributed by atoms with van der Waals surface area (Å²) in [6.45, 7) is 5.98. The van der Waals surface area contributed by atoms with Gasteiger partial charge < -0.3 is 15.1 Å². The van der Waals surface area contributed by atoms with E-state index in [0.717, 1.165) is 25.6 Å². The Morgan fingerprint density at radius 1 is 1.26 bits per heavy atom. The van der Waals surface area contributed by atoms with Crippen LogP contribution in [-0.4, -0.2) is 83.6 Å². The summed E-state index contributed by atoms with van der Waals surface area (Å²) in [5.74, 6) is 1.04. The molecular weight excluding hydrogens is 262 g/mol. The molecule has 0 atom stereocenters. The van der Waals surface area contributed by atoms with Crippen molar-refractivity contribution < 1.29 is 8.42 Å². The minimum atomic E-state index is -2.83. The molecule has 0 unspecified atom stereocenters. The molecule has 5 nitrogen and oxygen atoms in total. The lowest BCUT2D eigenvalue weighted by molar-refractivity contribution is 0.177. The maximum atomic E-state index is 11.0. The van der Waals surface area contributed by atoms with Gasteiger partial charge in [-0.15, -0.1) is 0 Å². The van der Waals surface area contributed by atoms with Crippen molar-refractivity contribution in [2.45, 2.75) is 12.8 Å². The number of likely N-dealkylation sites (N-methyl/N-ethyl adjacent to an activating group) is 1. The summed E-state index contributed by atoms with van der Waals surface area (Å²) in [7, 11) is 1.50. The number of nitrogens with one attached hydrogen (secondary N) is 1. The quantitative estimate of drug-likeness (QED) is 0.633. The van der Waals surface area contributed by atoms with Gasteiger partial charge >= 0.3 is 0 Å². The Hall–Kier alpha value is -0.170. The summed E-state index contributed by atoms with van der Waals surface area (Å²) >= 11 is 0. The van der Waals surface area contributed by atoms with Crippen LogP contribution in [0.15, 0.2) is 0 Å². The molecule has 1 aliphatic heterocycles. The Morgan fingerprint density at radius 2 is 1.89 bits per heavy atom. The van der Waals surface area contributed by atoms with Crippen molar-refractivity contribution in [2.75, 3.05) is 65.4 Å². The van der Waals surface area contributed by atoms with Gasteiger partial charge in [0.25, 0.3) is 0 Å². The van der Waals surface area contributed by atoms with Crippen molar-refractivity contribution >= 4 is 9.84 Å². The standard InChI is InChI=1S/C13H29N3O2S/c1-15-8-4-13(5-9-15)12-16(2)10-6-14-7-11-19(3,17)18/h13-14H,4-12H2,1-3H3. The lowest BCUT2D eigenvalue weighted by Gasteiger charge is -2.31. The van der Waals surface area contributed by atoms with Crippen LogP contribution < -0.4 is 5.32 Å². The van der Waals surface area contributed by atoms with Crippen molar-refractivity contribution in [3.05, 3.63) is 0 Å². The van der Waals surface area contributed by atoms with Gasteiger partial charge in [0.2, 0.25) is 0 Å². The molecule has 0 spiro atoms. The minimum Gasteiger partial charge on any atom is -0.314 e. The second-order valence-electron chi connectivity index (χ2n) is 5.89. The van der Waals surface area contributed by atoms with Crippen LogP contribution in [0.1, 0.15) is 12.8 Å². The van der Waals surface area contributed by atoms with Crippen LogP contribution >= 0.6 is 0 Å². The minimum absolute atomic E-state index is 0.228. The first-order chi connectivity index (χ1) is 8.87. The van der Waals surface area contributed by atoms with Crippen LogP contribution in [0.5, 0.6) is 0 Å². The van der Waals surface area contributed by atoms with E-state index in [1.807, 2.05) is 0 Å². The van der Waals surface area contributed by atoms with Gasteiger partial charge in [-0.25, -0.2) is 8.42 Å². The molecule has 1 aliphatic rings. The van der Waals surface area contributed by atoms with Gasteiger partial charge in [0.05, 0.1) is 5.75 Å². The topological polar surface area (TPSA) is 52.6 Å². The van der Waals surface area contributed by atoms with Crippen molar-refractivity contribution in [1.82, 2.24) is 15.1 Å². The fourth-order valence-electron chi connectivity index (χ4n) is 2.43. The van der Waals surface area contributed by atoms with Gasteiger partial charge in [0, 0.05) is 32.4 Å². The van der Waals surface area contributed by atoms with Gasteiger partial charge in [0.1, 0.15) is 9.84 Å². The first-order valence-corrected chi connectivity index (χ1v) is 9.18. The van der Waals surface area contributed by atoms with E-state index in [-0.39, 0.29) is 5.75 Å². The van der Waals surface area contributed by atoms with Crippen molar-refractivity contribution in [3.63, 3.8) is 0 Å². The molecule has 1 fully saturated rings. The molecule has 6 heteroatoms. The summed E-state index contributed by atoms with van der Waals surface area (Å²) in [6.07, 6.45) is 3.87. The Labute approximate surface area is 118 Å². The largest absolute Gasteiger partial charge is 0.314 e. The van der Waals surface area contributed by atoms with E-state index in [9.17, 15) is 8.42 Å². The Bertz CT molecular complexity index is 338. The first kappa shape index (κ1) is 16.9. The fraction of sp³-hybridized carbons (Fsp3) is 1.00. The molecule has 0 amide bonds. The third-order valence-corrected chi connectivity index (χ3v) is 4.67. The number of sulfone groups is 1. The van der Waals surface area contributed by atoms with Gasteiger partial charge in [-0.2, -0.15) is 0 Å². The Balaban J connectivity index is 2.03. The SMILES string of the molecule is CN1CCC(CN(C)CCNCCS(C)(=O)=O)CC1. The number of likely N-dealkylation sites (tertiary alicyclic amines) is 1. The number of nitrogens with zero attached hydrogens (tertiary/aromatic N) is 2. The van der Waals surface area contributed by atoms with Crippen LogP contribution in [0.25, 0.3) is 0 Å². The van der Waals surface area contributed by atoms with Gasteiger partial charge in [-0.05, 0) is 45.9 Å². The summed E-state index contributed by atoms with van der Waals surface area (Å²) in [5, 5.41) is 3.19. The van der Waals surface area contributed by atoms with E-state index in [1.54, 1.807) is 0 Å². The highest BCUT2D eigenvalue weighted by Gasteiger charge is 2.17. The molecule has 1 saturated heterocycles. The first-order valence-electron chi connectivity index (χ1n) is 7.12. The van der Waals surface area contributed by atoms with Crippen molar-refractivity contribution in [1.29, 1.82) is 0 Å². The molecule has 0 radical (unpaired) electrons. The molecule has 114 valence electrons. The molecule has 1 heterocycles. The number of piperidine rings is 1. The lowest BCUT2D eigenvalue weighted by Crippen LogP contribution is -2.38. The number of hydrogen-bond acceptors (Lipinski definition) is 5. The lowest BCUT2D eigenvalue weighted by atomic mass is 9.97. The molecule has 0 aliphatic carbocycles. The molecule has 0 aromatic carbocycles. The molecule has 19 heavy (non-hydrogen) atoms. The summed E-state index contributed by atoms with van der Waals surface area (Å²) < 4.78 is 21.9. The predicted molar refractivity (Wildman–Crippen MR) is 80.3 cm³/mol. The Kier molecular flexibility index (Phi) is 7.28.